The van der Waals surface area contributed by atoms with Crippen LogP contribution in [0.5, 0.6) is 5.75 Å². The normalized spacial score (nSPS) is 18.5. The number of ether oxygens (including phenoxy) is 1. The van der Waals surface area contributed by atoms with E-state index < -0.39 is 10.8 Å². The monoisotopic (exact) mass is 310 g/mol. The van der Waals surface area contributed by atoms with Gasteiger partial charge >= 0.3 is 6.03 Å². The maximum atomic E-state index is 11.9. The molecule has 2 unspecified atom stereocenters. The zero-order valence-electron chi connectivity index (χ0n) is 12.6. The molecular weight excluding hydrogens is 288 g/mol. The lowest BCUT2D eigenvalue weighted by molar-refractivity contribution is 0.232. The third-order valence-electron chi connectivity index (χ3n) is 3.26. The molecule has 0 aliphatic carbocycles. The summed E-state index contributed by atoms with van der Waals surface area (Å²) in [6.45, 7) is 6.62. The van der Waals surface area contributed by atoms with Gasteiger partial charge in [-0.2, -0.15) is 0 Å². The highest BCUT2D eigenvalue weighted by atomic mass is 32.2. The highest BCUT2D eigenvalue weighted by Crippen LogP contribution is 2.31. The van der Waals surface area contributed by atoms with Crippen LogP contribution in [-0.2, 0) is 10.8 Å². The number of para-hydroxylation sites is 1. The number of carbonyl (C=O) groups excluding carboxylic acids is 1. The third-order valence-corrected chi connectivity index (χ3v) is 5.20. The lowest BCUT2D eigenvalue weighted by atomic mass is 10.1. The van der Waals surface area contributed by atoms with Gasteiger partial charge in [-0.25, -0.2) is 4.79 Å². The van der Waals surface area contributed by atoms with Crippen LogP contribution in [0, 0.1) is 0 Å². The van der Waals surface area contributed by atoms with Crippen molar-refractivity contribution >= 4 is 16.8 Å². The van der Waals surface area contributed by atoms with Crippen molar-refractivity contribution in [2.75, 3.05) is 18.9 Å². The number of carbonyl (C=O) groups is 1. The van der Waals surface area contributed by atoms with Gasteiger partial charge < -0.3 is 15.4 Å². The molecule has 1 aliphatic heterocycles. The van der Waals surface area contributed by atoms with Crippen molar-refractivity contribution in [1.82, 2.24) is 10.6 Å². The number of hydrogen-bond acceptors (Lipinski definition) is 3. The molecular formula is C15H22N2O3S. The SMILES string of the molecule is CC(C)(C)S(=O)CCNC(=O)NC1COc2ccccc21. The minimum atomic E-state index is -0.961. The van der Waals surface area contributed by atoms with E-state index in [9.17, 15) is 9.00 Å². The molecule has 0 radical (unpaired) electrons. The van der Waals surface area contributed by atoms with Gasteiger partial charge in [0.2, 0.25) is 0 Å². The summed E-state index contributed by atoms with van der Waals surface area (Å²) in [6, 6.07) is 7.28. The first-order valence-electron chi connectivity index (χ1n) is 7.02. The molecule has 116 valence electrons. The highest BCUT2D eigenvalue weighted by molar-refractivity contribution is 7.86. The molecule has 0 spiro atoms. The Morgan fingerprint density at radius 2 is 2.10 bits per heavy atom. The number of nitrogens with one attached hydrogen (secondary N) is 2. The van der Waals surface area contributed by atoms with Gasteiger partial charge in [0.25, 0.3) is 0 Å². The molecule has 5 nitrogen and oxygen atoms in total. The Labute approximate surface area is 127 Å². The van der Waals surface area contributed by atoms with Gasteiger partial charge in [0.15, 0.2) is 0 Å². The minimum absolute atomic E-state index is 0.130. The standard InChI is InChI=1S/C15H22N2O3S/c1-15(2,3)21(19)9-8-16-14(18)17-12-10-20-13-7-5-4-6-11(12)13/h4-7,12H,8-10H2,1-3H3,(H2,16,17,18). The molecule has 6 heteroatoms. The van der Waals surface area contributed by atoms with Crippen molar-refractivity contribution in [1.29, 1.82) is 0 Å². The van der Waals surface area contributed by atoms with Gasteiger partial charge in [0, 0.05) is 33.4 Å². The molecule has 0 saturated carbocycles. The van der Waals surface area contributed by atoms with Crippen molar-refractivity contribution in [2.24, 2.45) is 0 Å². The summed E-state index contributed by atoms with van der Waals surface area (Å²) < 4.78 is 17.1. The first-order valence-corrected chi connectivity index (χ1v) is 8.34. The second-order valence-corrected chi connectivity index (χ2v) is 8.29. The van der Waals surface area contributed by atoms with E-state index >= 15 is 0 Å². The van der Waals surface area contributed by atoms with Crippen LogP contribution < -0.4 is 15.4 Å². The predicted molar refractivity (Wildman–Crippen MR) is 84.0 cm³/mol. The fourth-order valence-electron chi connectivity index (χ4n) is 2.05. The predicted octanol–water partition coefficient (Wildman–Crippen LogP) is 1.97. The zero-order valence-corrected chi connectivity index (χ0v) is 13.5. The quantitative estimate of drug-likeness (QED) is 0.893. The number of hydrogen-bond donors (Lipinski definition) is 2. The van der Waals surface area contributed by atoms with Crippen LogP contribution in [0.3, 0.4) is 0 Å². The maximum Gasteiger partial charge on any atom is 0.315 e. The van der Waals surface area contributed by atoms with Crippen LogP contribution in [0.25, 0.3) is 0 Å². The Morgan fingerprint density at radius 3 is 2.81 bits per heavy atom. The lowest BCUT2D eigenvalue weighted by Gasteiger charge is -2.18. The second-order valence-electron chi connectivity index (χ2n) is 5.96. The van der Waals surface area contributed by atoms with Crippen molar-refractivity contribution in [3.8, 4) is 5.75 Å². The molecule has 2 amide bonds. The van der Waals surface area contributed by atoms with Crippen LogP contribution in [0.2, 0.25) is 0 Å². The number of amides is 2. The first-order chi connectivity index (χ1) is 9.88. The Balaban J connectivity index is 1.78. The molecule has 21 heavy (non-hydrogen) atoms. The van der Waals surface area contributed by atoms with E-state index in [4.69, 9.17) is 4.74 Å². The maximum absolute atomic E-state index is 11.9. The van der Waals surface area contributed by atoms with Crippen molar-refractivity contribution in [2.45, 2.75) is 31.6 Å². The van der Waals surface area contributed by atoms with Crippen LogP contribution in [0.4, 0.5) is 4.79 Å². The fourth-order valence-corrected chi connectivity index (χ4v) is 2.95. The van der Waals surface area contributed by atoms with E-state index in [0.29, 0.717) is 18.9 Å². The number of urea groups is 1. The molecule has 0 fully saturated rings. The first kappa shape index (κ1) is 15.8. The third kappa shape index (κ3) is 4.20. The van der Waals surface area contributed by atoms with Crippen LogP contribution in [0.15, 0.2) is 24.3 Å². The summed E-state index contributed by atoms with van der Waals surface area (Å²) in [5.74, 6) is 1.27. The van der Waals surface area contributed by atoms with Crippen molar-refractivity contribution < 1.29 is 13.7 Å². The molecule has 0 bridgehead atoms. The molecule has 1 aliphatic rings. The van der Waals surface area contributed by atoms with Crippen molar-refractivity contribution in [3.63, 3.8) is 0 Å². The molecule has 1 aromatic carbocycles. The largest absolute Gasteiger partial charge is 0.491 e. The van der Waals surface area contributed by atoms with Gasteiger partial charge in [0.1, 0.15) is 12.4 Å². The highest BCUT2D eigenvalue weighted by Gasteiger charge is 2.25. The van der Waals surface area contributed by atoms with E-state index in [1.54, 1.807) is 0 Å². The van der Waals surface area contributed by atoms with Crippen LogP contribution >= 0.6 is 0 Å². The molecule has 2 rings (SSSR count). The van der Waals surface area contributed by atoms with Crippen LogP contribution in [0.1, 0.15) is 32.4 Å². The summed E-state index contributed by atoms with van der Waals surface area (Å²) in [5.41, 5.74) is 0.992. The lowest BCUT2D eigenvalue weighted by Crippen LogP contribution is -2.41. The smallest absolute Gasteiger partial charge is 0.315 e. The van der Waals surface area contributed by atoms with Crippen LogP contribution in [-0.4, -0.2) is 33.9 Å². The van der Waals surface area contributed by atoms with E-state index in [0.717, 1.165) is 11.3 Å². The van der Waals surface area contributed by atoms with Gasteiger partial charge in [-0.15, -0.1) is 0 Å². The van der Waals surface area contributed by atoms with E-state index in [1.807, 2.05) is 45.0 Å². The van der Waals surface area contributed by atoms with Gasteiger partial charge in [-0.05, 0) is 26.8 Å². The Bertz CT molecular complexity index is 540. The molecule has 0 aromatic heterocycles. The summed E-state index contributed by atoms with van der Waals surface area (Å²) in [6.07, 6.45) is 0. The Morgan fingerprint density at radius 1 is 1.38 bits per heavy atom. The minimum Gasteiger partial charge on any atom is -0.491 e. The summed E-state index contributed by atoms with van der Waals surface area (Å²) in [7, 11) is -0.961. The summed E-state index contributed by atoms with van der Waals surface area (Å²) in [4.78, 5) is 11.9. The van der Waals surface area contributed by atoms with Crippen molar-refractivity contribution in [3.05, 3.63) is 29.8 Å². The second kappa shape index (κ2) is 6.47. The summed E-state index contributed by atoms with van der Waals surface area (Å²) in [5, 5.41) is 5.62. The van der Waals surface area contributed by atoms with E-state index in [1.165, 1.54) is 0 Å². The van der Waals surface area contributed by atoms with Gasteiger partial charge in [-0.3, -0.25) is 4.21 Å². The molecule has 2 N–H and O–H groups in total. The van der Waals surface area contributed by atoms with Gasteiger partial charge in [-0.1, -0.05) is 18.2 Å². The average molecular weight is 310 g/mol. The number of rotatable bonds is 4. The topological polar surface area (TPSA) is 67.4 Å². The Hall–Kier alpha value is -1.56. The fraction of sp³-hybridized carbons (Fsp3) is 0.533. The zero-order chi connectivity index (χ0) is 15.5. The van der Waals surface area contributed by atoms with E-state index in [2.05, 4.69) is 10.6 Å². The molecule has 1 heterocycles. The number of benzene rings is 1. The summed E-state index contributed by atoms with van der Waals surface area (Å²) >= 11 is 0. The average Bonchev–Trinajstić information content (AvgIpc) is 2.81. The molecule has 2 atom stereocenters. The Kier molecular flexibility index (Phi) is 4.88. The number of fused-ring (bicyclic) bond motifs is 1. The van der Waals surface area contributed by atoms with Gasteiger partial charge in [0.05, 0.1) is 6.04 Å². The molecule has 0 saturated heterocycles. The van der Waals surface area contributed by atoms with E-state index in [-0.39, 0.29) is 16.8 Å². The molecule has 1 aromatic rings.